The third kappa shape index (κ3) is 11.9. The highest BCUT2D eigenvalue weighted by Crippen LogP contribution is 2.51. The van der Waals surface area contributed by atoms with Gasteiger partial charge in [0, 0.05) is 42.3 Å². The molecule has 0 aliphatic rings. The topological polar surface area (TPSA) is 132 Å². The summed E-state index contributed by atoms with van der Waals surface area (Å²) in [5.41, 5.74) is 1.93. The highest BCUT2D eigenvalue weighted by Gasteiger charge is 2.16. The van der Waals surface area contributed by atoms with Gasteiger partial charge >= 0.3 is 11.9 Å². The third-order valence-electron chi connectivity index (χ3n) is 6.89. The van der Waals surface area contributed by atoms with Gasteiger partial charge in [-0.3, -0.25) is 18.3 Å². The number of aryl methyl sites for hydroxylation is 1. The number of unbranched alkanes of at least 4 members (excludes halogenated alkanes) is 3. The Kier molecular flexibility index (Phi) is 14.1. The molecule has 11 heteroatoms. The van der Waals surface area contributed by atoms with E-state index in [1.165, 1.54) is 7.11 Å². The van der Waals surface area contributed by atoms with Crippen LogP contribution in [0.5, 0.6) is 23.0 Å². The van der Waals surface area contributed by atoms with Crippen LogP contribution < -0.4 is 14.2 Å². The van der Waals surface area contributed by atoms with E-state index in [0.717, 1.165) is 43.2 Å². The van der Waals surface area contributed by atoms with Crippen LogP contribution in [0.4, 0.5) is 0 Å². The molecule has 0 spiro atoms. The zero-order valence-corrected chi connectivity index (χ0v) is 26.7. The number of hydrogen-bond donors (Lipinski definition) is 3. The Morgan fingerprint density at radius 1 is 0.773 bits per heavy atom. The summed E-state index contributed by atoms with van der Waals surface area (Å²) in [5, 5.41) is 18.7. The molecular weight excluding hydrogens is 608 g/mol. The van der Waals surface area contributed by atoms with Crippen LogP contribution >= 0.6 is 22.2 Å². The fourth-order valence-electron chi connectivity index (χ4n) is 4.50. The van der Waals surface area contributed by atoms with Crippen LogP contribution in [0.3, 0.4) is 0 Å². The van der Waals surface area contributed by atoms with Gasteiger partial charge in [0.1, 0.15) is 23.0 Å². The normalized spacial score (nSPS) is 13.1. The van der Waals surface area contributed by atoms with Gasteiger partial charge in [-0.05, 0) is 73.6 Å². The van der Waals surface area contributed by atoms with Crippen molar-refractivity contribution in [3.8, 4) is 23.0 Å². The number of carboxylic acid groups (broad SMARTS) is 2. The largest absolute Gasteiger partial charge is 0.493 e. The van der Waals surface area contributed by atoms with Gasteiger partial charge in [-0.2, -0.15) is 10.6 Å². The summed E-state index contributed by atoms with van der Waals surface area (Å²) in [7, 11) is -1.02. The lowest BCUT2D eigenvalue weighted by Gasteiger charge is -2.32. The van der Waals surface area contributed by atoms with Crippen molar-refractivity contribution in [2.45, 2.75) is 62.7 Å². The molecule has 9 nitrogen and oxygen atoms in total. The van der Waals surface area contributed by atoms with Crippen LogP contribution in [0.15, 0.2) is 65.6 Å². The number of halogens is 1. The number of carboxylic acids is 2. The molecule has 1 atom stereocenters. The number of aliphatic carboxylic acids is 2. The second kappa shape index (κ2) is 17.8. The molecule has 3 N–H and O–H groups in total. The fourth-order valence-corrected chi connectivity index (χ4v) is 5.49. The minimum atomic E-state index is -2.48. The molecule has 0 fully saturated rings. The Hall–Kier alpha value is -3.44. The van der Waals surface area contributed by atoms with Crippen LogP contribution in [0, 0.1) is 0 Å². The Bertz CT molecular complexity index is 1360. The van der Waals surface area contributed by atoms with Gasteiger partial charge in [0.2, 0.25) is 0 Å². The van der Waals surface area contributed by atoms with Crippen LogP contribution in [0.25, 0.3) is 0 Å². The molecule has 0 heterocycles. The van der Waals surface area contributed by atoms with E-state index in [2.05, 4.69) is 0 Å². The van der Waals surface area contributed by atoms with E-state index in [0.29, 0.717) is 52.4 Å². The summed E-state index contributed by atoms with van der Waals surface area (Å²) in [6, 6.07) is 18.0. The lowest BCUT2D eigenvalue weighted by atomic mass is 9.97. The molecule has 0 aliphatic heterocycles. The van der Waals surface area contributed by atoms with Crippen molar-refractivity contribution in [2.75, 3.05) is 26.6 Å². The summed E-state index contributed by atoms with van der Waals surface area (Å²) in [6.07, 6.45) is 6.80. The summed E-state index contributed by atoms with van der Waals surface area (Å²) < 4.78 is 33.9. The first kappa shape index (κ1) is 35.0. The Morgan fingerprint density at radius 3 is 2.16 bits per heavy atom. The van der Waals surface area contributed by atoms with Gasteiger partial charge in [0.25, 0.3) is 0 Å². The second-order valence-electron chi connectivity index (χ2n) is 10.3. The molecule has 240 valence electrons. The standard InChI is InChI=1S/C33H41ClO9S/c1-40-44(2,39)29-22-27(21-28(23-29)43-26-15-13-25(34)14-16-26)41-19-6-4-3-5-9-24-10-7-11-31(30(24)17-18-33(37)38)42-20-8-12-32(35)36/h7,10-11,13-16,21-23,39H,3-6,8-9,12,17-20H2,1-2H3,(H,35,36)(H,37,38). The maximum absolute atomic E-state index is 11.2. The van der Waals surface area contributed by atoms with Gasteiger partial charge in [0.15, 0.2) is 0 Å². The minimum Gasteiger partial charge on any atom is -0.493 e. The SMILES string of the molecule is COS(C)(O)c1cc(OCCCCCCc2cccc(OCCCC(=O)O)c2CCC(=O)O)cc(Oc2ccc(Cl)cc2)c1. The van der Waals surface area contributed by atoms with Crippen LogP contribution in [0.2, 0.25) is 5.02 Å². The highest BCUT2D eigenvalue weighted by atomic mass is 35.5. The van der Waals surface area contributed by atoms with Crippen LogP contribution in [-0.4, -0.2) is 53.3 Å². The molecule has 44 heavy (non-hydrogen) atoms. The first-order valence-corrected chi connectivity index (χ1v) is 16.8. The molecule has 0 saturated carbocycles. The minimum absolute atomic E-state index is 0.00516. The molecule has 0 aliphatic carbocycles. The van der Waals surface area contributed by atoms with Crippen molar-refractivity contribution in [2.24, 2.45) is 0 Å². The van der Waals surface area contributed by atoms with Crippen molar-refractivity contribution in [3.63, 3.8) is 0 Å². The van der Waals surface area contributed by atoms with Crippen molar-refractivity contribution in [3.05, 3.63) is 76.8 Å². The monoisotopic (exact) mass is 648 g/mol. The predicted molar refractivity (Wildman–Crippen MR) is 172 cm³/mol. The molecule has 0 aromatic heterocycles. The smallest absolute Gasteiger partial charge is 0.303 e. The zero-order chi connectivity index (χ0) is 32.0. The zero-order valence-electron chi connectivity index (χ0n) is 25.1. The molecular formula is C33H41ClO9S. The summed E-state index contributed by atoms with van der Waals surface area (Å²) in [4.78, 5) is 22.6. The van der Waals surface area contributed by atoms with E-state index in [-0.39, 0.29) is 19.4 Å². The Morgan fingerprint density at radius 2 is 1.45 bits per heavy atom. The molecule has 0 radical (unpaired) electrons. The van der Waals surface area contributed by atoms with Gasteiger partial charge < -0.3 is 24.4 Å². The lowest BCUT2D eigenvalue weighted by molar-refractivity contribution is -0.138. The maximum Gasteiger partial charge on any atom is 0.303 e. The van der Waals surface area contributed by atoms with E-state index in [1.807, 2.05) is 18.2 Å². The number of carbonyl (C=O) groups is 2. The number of ether oxygens (including phenoxy) is 3. The van der Waals surface area contributed by atoms with Crippen LogP contribution in [0.1, 0.15) is 56.1 Å². The van der Waals surface area contributed by atoms with Gasteiger partial charge in [-0.25, -0.2) is 0 Å². The quantitative estimate of drug-likeness (QED) is 0.103. The average molecular weight is 649 g/mol. The first-order valence-electron chi connectivity index (χ1n) is 14.5. The third-order valence-corrected chi connectivity index (χ3v) is 8.90. The van der Waals surface area contributed by atoms with Crippen molar-refractivity contribution in [1.29, 1.82) is 0 Å². The maximum atomic E-state index is 11.2. The van der Waals surface area contributed by atoms with E-state index in [1.54, 1.807) is 48.7 Å². The number of benzene rings is 3. The average Bonchev–Trinajstić information content (AvgIpc) is 2.99. The highest BCUT2D eigenvalue weighted by molar-refractivity contribution is 8.24. The van der Waals surface area contributed by atoms with Crippen molar-refractivity contribution in [1.82, 2.24) is 0 Å². The lowest BCUT2D eigenvalue weighted by Crippen LogP contribution is -2.07. The number of hydrogen-bond acceptors (Lipinski definition) is 7. The van der Waals surface area contributed by atoms with E-state index in [4.69, 9.17) is 35.1 Å². The van der Waals surface area contributed by atoms with E-state index in [9.17, 15) is 19.2 Å². The van der Waals surface area contributed by atoms with Gasteiger partial charge in [0.05, 0.1) is 25.2 Å². The molecule has 0 amide bonds. The molecule has 3 rings (SSSR count). The Balaban J connectivity index is 1.53. The van der Waals surface area contributed by atoms with Gasteiger partial charge in [-0.15, -0.1) is 0 Å². The summed E-state index contributed by atoms with van der Waals surface area (Å²) >= 11 is 5.98. The Labute approximate surface area is 265 Å². The van der Waals surface area contributed by atoms with Crippen LogP contribution in [-0.2, 0) is 26.6 Å². The molecule has 0 bridgehead atoms. The van der Waals surface area contributed by atoms with Crippen molar-refractivity contribution >= 4 is 34.1 Å². The van der Waals surface area contributed by atoms with E-state index < -0.39 is 22.5 Å². The fraction of sp³-hybridized carbons (Fsp3) is 0.394. The predicted octanol–water partition coefficient (Wildman–Crippen LogP) is 8.40. The molecule has 0 saturated heterocycles. The summed E-state index contributed by atoms with van der Waals surface area (Å²) in [5.74, 6) is 0.555. The molecule has 3 aromatic carbocycles. The molecule has 3 aromatic rings. The molecule has 1 unspecified atom stereocenters. The summed E-state index contributed by atoms with van der Waals surface area (Å²) in [6.45, 7) is 0.746. The van der Waals surface area contributed by atoms with Crippen molar-refractivity contribution < 1.29 is 42.7 Å². The second-order valence-corrected chi connectivity index (χ2v) is 13.2. The van der Waals surface area contributed by atoms with Gasteiger partial charge in [-0.1, -0.05) is 36.6 Å². The first-order chi connectivity index (χ1) is 21.1. The number of rotatable bonds is 20. The van der Waals surface area contributed by atoms with E-state index >= 15 is 0 Å².